The highest BCUT2D eigenvalue weighted by atomic mass is 16.6. The van der Waals surface area contributed by atoms with Crippen LogP contribution >= 0.6 is 0 Å². The van der Waals surface area contributed by atoms with Gasteiger partial charge in [0, 0.05) is 26.2 Å². The zero-order valence-electron chi connectivity index (χ0n) is 29.9. The van der Waals surface area contributed by atoms with Gasteiger partial charge >= 0.3 is 6.09 Å². The normalized spacial score (nSPS) is 32.4. The number of rotatable bonds is 15. The van der Waals surface area contributed by atoms with Gasteiger partial charge in [-0.25, -0.2) is 4.79 Å². The van der Waals surface area contributed by atoms with Gasteiger partial charge in [0.1, 0.15) is 19.7 Å². The van der Waals surface area contributed by atoms with Crippen LogP contribution in [0.4, 0.5) is 4.79 Å². The number of aliphatic hydroxyl groups is 2. The summed E-state index contributed by atoms with van der Waals surface area (Å²) in [6.07, 6.45) is 0.141. The molecule has 0 spiro atoms. The average molecular weight is 716 g/mol. The first-order valence-corrected chi connectivity index (χ1v) is 18.3. The van der Waals surface area contributed by atoms with Crippen LogP contribution < -0.4 is 11.1 Å². The fraction of sp³-hybridized carbons (Fsp3) is 0.564. The largest absolute Gasteiger partial charge is 0.445 e. The SMILES string of the molecule is CC(C)N(CC(=O)N(CC(=O)NC[C@]1(O)[C@@H]2[C@@H]3[C@@H]4C[C@@H]5[C@@H]3[C@@H]2[C@](O)(CC(N)=O)[C@H]5[C@H]41)Cc1ccccc1)C(=O)CN(C)C(=O)OCc1ccccc1. The van der Waals surface area contributed by atoms with Crippen LogP contribution in [0.3, 0.4) is 0 Å². The Labute approximate surface area is 303 Å². The van der Waals surface area contributed by atoms with Crippen LogP contribution in [-0.2, 0) is 37.1 Å². The maximum Gasteiger partial charge on any atom is 0.410 e. The van der Waals surface area contributed by atoms with E-state index in [1.54, 1.807) is 13.8 Å². The molecule has 2 aromatic carbocycles. The molecule has 0 unspecified atom stereocenters. The van der Waals surface area contributed by atoms with E-state index in [1.165, 1.54) is 16.8 Å². The number of fused-ring (bicyclic) bond motifs is 2. The van der Waals surface area contributed by atoms with Crippen molar-refractivity contribution >= 4 is 29.7 Å². The number of carbonyl (C=O) groups excluding carboxylic acids is 5. The second-order valence-corrected chi connectivity index (χ2v) is 16.0. The summed E-state index contributed by atoms with van der Waals surface area (Å²) < 4.78 is 5.35. The van der Waals surface area contributed by atoms with E-state index >= 15 is 0 Å². The van der Waals surface area contributed by atoms with Crippen molar-refractivity contribution < 1.29 is 38.9 Å². The van der Waals surface area contributed by atoms with Gasteiger partial charge in [0.25, 0.3) is 0 Å². The highest BCUT2D eigenvalue weighted by Gasteiger charge is 2.90. The lowest BCUT2D eigenvalue weighted by Crippen LogP contribution is -2.67. The average Bonchev–Trinajstić information content (AvgIpc) is 3.63. The van der Waals surface area contributed by atoms with Crippen molar-refractivity contribution in [2.75, 3.05) is 33.2 Å². The van der Waals surface area contributed by atoms with Gasteiger partial charge in [0.05, 0.1) is 24.2 Å². The smallest absolute Gasteiger partial charge is 0.410 e. The maximum absolute atomic E-state index is 13.9. The number of primary amides is 1. The Morgan fingerprint density at radius 3 is 2.00 bits per heavy atom. The van der Waals surface area contributed by atoms with Gasteiger partial charge in [0.15, 0.2) is 0 Å². The molecule has 5 saturated carbocycles. The van der Waals surface area contributed by atoms with Crippen LogP contribution in [0.2, 0.25) is 0 Å². The number of benzene rings is 2. The molecule has 13 heteroatoms. The van der Waals surface area contributed by atoms with E-state index < -0.39 is 40.9 Å². The van der Waals surface area contributed by atoms with Crippen LogP contribution in [-0.4, -0.2) is 105 Å². The third-order valence-electron chi connectivity index (χ3n) is 12.9. The van der Waals surface area contributed by atoms with E-state index in [1.807, 2.05) is 60.7 Å². The van der Waals surface area contributed by atoms with Gasteiger partial charge < -0.3 is 40.7 Å². The lowest BCUT2D eigenvalue weighted by Gasteiger charge is -2.57. The molecule has 52 heavy (non-hydrogen) atoms. The van der Waals surface area contributed by atoms with Crippen molar-refractivity contribution in [2.45, 2.75) is 57.1 Å². The van der Waals surface area contributed by atoms with Gasteiger partial charge in [-0.05, 0) is 78.7 Å². The molecule has 0 saturated heterocycles. The molecule has 7 rings (SSSR count). The molecule has 5 aliphatic rings. The Kier molecular flexibility index (Phi) is 9.31. The minimum atomic E-state index is -1.21. The summed E-state index contributed by atoms with van der Waals surface area (Å²) in [5.74, 6) is -1.70. The molecule has 0 aliphatic heterocycles. The number of hydrogen-bond acceptors (Lipinski definition) is 8. The first-order valence-electron chi connectivity index (χ1n) is 18.3. The zero-order chi connectivity index (χ0) is 37.1. The van der Waals surface area contributed by atoms with Gasteiger partial charge in [-0.3, -0.25) is 19.2 Å². The molecule has 10 atom stereocenters. The molecule has 0 radical (unpaired) electrons. The number of ether oxygens (including phenoxy) is 1. The Balaban J connectivity index is 0.990. The summed E-state index contributed by atoms with van der Waals surface area (Å²) in [6, 6.07) is 18.0. The summed E-state index contributed by atoms with van der Waals surface area (Å²) in [5.41, 5.74) is 4.75. The Bertz CT molecular complexity index is 1730. The molecule has 0 heterocycles. The Morgan fingerprint density at radius 1 is 0.827 bits per heavy atom. The molecule has 5 N–H and O–H groups in total. The van der Waals surface area contributed by atoms with Crippen molar-refractivity contribution in [3.8, 4) is 0 Å². The molecular formula is C39H49N5O8. The number of nitrogens with one attached hydrogen (secondary N) is 1. The van der Waals surface area contributed by atoms with Crippen LogP contribution in [0.5, 0.6) is 0 Å². The van der Waals surface area contributed by atoms with Crippen molar-refractivity contribution in [1.82, 2.24) is 20.0 Å². The van der Waals surface area contributed by atoms with E-state index in [0.29, 0.717) is 0 Å². The minimum Gasteiger partial charge on any atom is -0.445 e. The summed E-state index contributed by atoms with van der Waals surface area (Å²) in [5, 5.41) is 26.9. The van der Waals surface area contributed by atoms with Gasteiger partial charge in [0.2, 0.25) is 23.6 Å². The highest BCUT2D eigenvalue weighted by Crippen LogP contribution is 2.87. The third kappa shape index (κ3) is 5.91. The van der Waals surface area contributed by atoms with E-state index in [0.717, 1.165) is 22.4 Å². The molecular weight excluding hydrogens is 666 g/mol. The highest BCUT2D eigenvalue weighted by molar-refractivity contribution is 5.90. The second-order valence-electron chi connectivity index (χ2n) is 16.0. The first-order chi connectivity index (χ1) is 24.7. The van der Waals surface area contributed by atoms with Crippen molar-refractivity contribution in [3.63, 3.8) is 0 Å². The van der Waals surface area contributed by atoms with Gasteiger partial charge in [-0.1, -0.05) is 60.7 Å². The predicted octanol–water partition coefficient (Wildman–Crippen LogP) is 1.36. The molecule has 2 bridgehead atoms. The van der Waals surface area contributed by atoms with Crippen LogP contribution in [0.25, 0.3) is 0 Å². The lowest BCUT2D eigenvalue weighted by molar-refractivity contribution is -0.215. The van der Waals surface area contributed by atoms with E-state index in [2.05, 4.69) is 5.32 Å². The topological polar surface area (TPSA) is 183 Å². The lowest BCUT2D eigenvalue weighted by atomic mass is 9.51. The number of likely N-dealkylation sites (N-methyl/N-ethyl adjacent to an activating group) is 1. The molecule has 5 aliphatic carbocycles. The molecule has 5 fully saturated rings. The quantitative estimate of drug-likeness (QED) is 0.213. The number of nitrogens with two attached hydrogens (primary N) is 1. The molecule has 13 nitrogen and oxygen atoms in total. The number of carbonyl (C=O) groups is 5. The predicted molar refractivity (Wildman–Crippen MR) is 187 cm³/mol. The van der Waals surface area contributed by atoms with E-state index in [9.17, 15) is 34.2 Å². The zero-order valence-corrected chi connectivity index (χ0v) is 29.9. The first kappa shape index (κ1) is 35.9. The fourth-order valence-electron chi connectivity index (χ4n) is 11.2. The molecule has 0 aromatic heterocycles. The van der Waals surface area contributed by atoms with Crippen LogP contribution in [0.1, 0.15) is 37.8 Å². The maximum atomic E-state index is 13.9. The van der Waals surface area contributed by atoms with Gasteiger partial charge in [-0.2, -0.15) is 0 Å². The minimum absolute atomic E-state index is 0.00998. The Morgan fingerprint density at radius 2 is 1.40 bits per heavy atom. The summed E-state index contributed by atoms with van der Waals surface area (Å²) in [7, 11) is 1.46. The fourth-order valence-corrected chi connectivity index (χ4v) is 11.2. The number of nitrogens with zero attached hydrogens (tertiary/aromatic N) is 3. The third-order valence-corrected chi connectivity index (χ3v) is 12.9. The van der Waals surface area contributed by atoms with Gasteiger partial charge in [-0.15, -0.1) is 0 Å². The standard InChI is InChI=1S/C39H49N5O8/c1-22(2)44(30(48)18-42(3)37(49)52-20-24-12-8-5-9-13-24)19-29(47)43(16-23-10-6-4-7-11-23)17-28(46)41-21-39(51)34-26-14-25-31-32(26)36(39)35(31)38(50,33(25)34)15-27(40)45/h4-13,22,25-26,31-36,50-51H,14-21H2,1-3H3,(H2,40,45)(H,41,46)/t25-,26+,31+,32-,33-,34+,35+,36-,38+,39-/m1/s1. The van der Waals surface area contributed by atoms with E-state index in [4.69, 9.17) is 10.5 Å². The van der Waals surface area contributed by atoms with Crippen LogP contribution in [0.15, 0.2) is 60.7 Å². The number of amides is 5. The van der Waals surface area contributed by atoms with Crippen molar-refractivity contribution in [1.29, 1.82) is 0 Å². The molecule has 278 valence electrons. The summed E-state index contributed by atoms with van der Waals surface area (Å²) >= 11 is 0. The van der Waals surface area contributed by atoms with Crippen LogP contribution in [0, 0.1) is 47.3 Å². The summed E-state index contributed by atoms with van der Waals surface area (Å²) in [6.45, 7) is 2.79. The second kappa shape index (κ2) is 13.5. The summed E-state index contributed by atoms with van der Waals surface area (Å²) in [4.78, 5) is 69.5. The Hall–Kier alpha value is -4.49. The molecule has 5 amide bonds. The monoisotopic (exact) mass is 715 g/mol. The number of hydrogen-bond donors (Lipinski definition) is 4. The van der Waals surface area contributed by atoms with E-state index in [-0.39, 0.29) is 99.1 Å². The van der Waals surface area contributed by atoms with Crippen molar-refractivity contribution in [2.24, 2.45) is 53.1 Å². The molecule has 2 aromatic rings. The van der Waals surface area contributed by atoms with Crippen molar-refractivity contribution in [3.05, 3.63) is 71.8 Å².